The van der Waals surface area contributed by atoms with Crippen molar-refractivity contribution in [2.45, 2.75) is 33.2 Å². The number of nitrogens with one attached hydrogen (secondary N) is 1. The minimum atomic E-state index is -0.0967. The highest BCUT2D eigenvalue weighted by atomic mass is 16.7. The summed E-state index contributed by atoms with van der Waals surface area (Å²) in [5, 5.41) is 3.04. The molecule has 1 heterocycles. The number of rotatable bonds is 4. The molecule has 3 rings (SSSR count). The Morgan fingerprint density at radius 3 is 2.70 bits per heavy atom. The second-order valence-electron chi connectivity index (χ2n) is 6.08. The first kappa shape index (κ1) is 15.4. The predicted octanol–water partition coefficient (Wildman–Crippen LogP) is 3.39. The molecule has 1 amide bonds. The van der Waals surface area contributed by atoms with E-state index >= 15 is 0 Å². The van der Waals surface area contributed by atoms with Crippen LogP contribution in [0.25, 0.3) is 0 Å². The van der Waals surface area contributed by atoms with Crippen molar-refractivity contribution in [1.29, 1.82) is 0 Å². The minimum Gasteiger partial charge on any atom is -0.454 e. The summed E-state index contributed by atoms with van der Waals surface area (Å²) in [6.45, 7) is 6.42. The van der Waals surface area contributed by atoms with Gasteiger partial charge in [0.15, 0.2) is 11.5 Å². The molecule has 2 aromatic rings. The van der Waals surface area contributed by atoms with Crippen molar-refractivity contribution < 1.29 is 14.3 Å². The number of carbonyl (C=O) groups is 1. The zero-order valence-corrected chi connectivity index (χ0v) is 13.7. The summed E-state index contributed by atoms with van der Waals surface area (Å²) in [7, 11) is 0. The molecule has 0 saturated heterocycles. The molecule has 4 nitrogen and oxygen atoms in total. The van der Waals surface area contributed by atoms with Crippen LogP contribution in [0.2, 0.25) is 0 Å². The van der Waals surface area contributed by atoms with Crippen LogP contribution in [0.3, 0.4) is 0 Å². The van der Waals surface area contributed by atoms with Crippen LogP contribution in [-0.2, 0) is 6.42 Å². The highest BCUT2D eigenvalue weighted by molar-refractivity contribution is 5.95. The molecule has 1 N–H and O–H groups in total. The lowest BCUT2D eigenvalue weighted by Crippen LogP contribution is -2.34. The number of hydrogen-bond donors (Lipinski definition) is 1. The van der Waals surface area contributed by atoms with Gasteiger partial charge in [-0.1, -0.05) is 23.8 Å². The van der Waals surface area contributed by atoms with Crippen LogP contribution in [0.1, 0.15) is 34.0 Å². The van der Waals surface area contributed by atoms with Crippen LogP contribution in [0.15, 0.2) is 36.4 Å². The van der Waals surface area contributed by atoms with Crippen LogP contribution in [0.5, 0.6) is 11.5 Å². The summed E-state index contributed by atoms with van der Waals surface area (Å²) in [5.74, 6) is 1.21. The van der Waals surface area contributed by atoms with Crippen LogP contribution in [0, 0.1) is 13.8 Å². The minimum absolute atomic E-state index is 0.0503. The number of aryl methyl sites for hydroxylation is 2. The first-order chi connectivity index (χ1) is 11.0. The van der Waals surface area contributed by atoms with E-state index in [0.717, 1.165) is 6.42 Å². The molecule has 4 heteroatoms. The number of ether oxygens (including phenoxy) is 2. The average molecular weight is 311 g/mol. The van der Waals surface area contributed by atoms with Gasteiger partial charge in [0.05, 0.1) is 0 Å². The molecule has 0 spiro atoms. The van der Waals surface area contributed by atoms with Gasteiger partial charge in [-0.2, -0.15) is 0 Å². The lowest BCUT2D eigenvalue weighted by atomic mass is 10.00. The topological polar surface area (TPSA) is 47.6 Å². The van der Waals surface area contributed by atoms with Gasteiger partial charge in [0.25, 0.3) is 5.91 Å². The normalized spacial score (nSPS) is 13.7. The van der Waals surface area contributed by atoms with E-state index in [9.17, 15) is 4.79 Å². The molecule has 0 saturated carbocycles. The summed E-state index contributed by atoms with van der Waals surface area (Å²) < 4.78 is 10.6. The Morgan fingerprint density at radius 1 is 1.13 bits per heavy atom. The Kier molecular flexibility index (Phi) is 4.24. The second kappa shape index (κ2) is 6.32. The molecule has 1 unspecified atom stereocenters. The van der Waals surface area contributed by atoms with Crippen LogP contribution in [-0.4, -0.2) is 18.7 Å². The summed E-state index contributed by atoms with van der Waals surface area (Å²) in [6.07, 6.45) is 0.808. The molecule has 0 fully saturated rings. The van der Waals surface area contributed by atoms with Gasteiger partial charge >= 0.3 is 0 Å². The van der Waals surface area contributed by atoms with E-state index in [-0.39, 0.29) is 18.7 Å². The highest BCUT2D eigenvalue weighted by Crippen LogP contribution is 2.32. The van der Waals surface area contributed by atoms with E-state index in [1.54, 1.807) is 18.2 Å². The van der Waals surface area contributed by atoms with Gasteiger partial charge in [0.2, 0.25) is 6.79 Å². The molecule has 0 aromatic heterocycles. The largest absolute Gasteiger partial charge is 0.454 e. The molecule has 1 atom stereocenters. The Labute approximate surface area is 136 Å². The van der Waals surface area contributed by atoms with Crippen molar-refractivity contribution in [3.05, 3.63) is 58.7 Å². The van der Waals surface area contributed by atoms with Crippen molar-refractivity contribution in [1.82, 2.24) is 5.32 Å². The zero-order valence-electron chi connectivity index (χ0n) is 13.7. The van der Waals surface area contributed by atoms with E-state index < -0.39 is 0 Å². The van der Waals surface area contributed by atoms with Crippen LogP contribution in [0.4, 0.5) is 0 Å². The lowest BCUT2D eigenvalue weighted by molar-refractivity contribution is 0.0939. The fraction of sp³-hybridized carbons (Fsp3) is 0.316. The summed E-state index contributed by atoms with van der Waals surface area (Å²) in [6, 6.07) is 11.7. The van der Waals surface area contributed by atoms with Crippen molar-refractivity contribution in [3.63, 3.8) is 0 Å². The lowest BCUT2D eigenvalue weighted by Gasteiger charge is -2.16. The maximum atomic E-state index is 12.4. The van der Waals surface area contributed by atoms with Crippen molar-refractivity contribution in [3.8, 4) is 11.5 Å². The average Bonchev–Trinajstić information content (AvgIpc) is 2.97. The Balaban J connectivity index is 1.65. The molecule has 1 aliphatic heterocycles. The highest BCUT2D eigenvalue weighted by Gasteiger charge is 2.17. The molecule has 0 aliphatic carbocycles. The third-order valence-corrected chi connectivity index (χ3v) is 4.04. The number of carbonyl (C=O) groups excluding carboxylic acids is 1. The maximum Gasteiger partial charge on any atom is 0.251 e. The molecule has 120 valence electrons. The molecular formula is C19H21NO3. The smallest absolute Gasteiger partial charge is 0.251 e. The van der Waals surface area contributed by atoms with E-state index in [4.69, 9.17) is 9.47 Å². The molecule has 2 aromatic carbocycles. The quantitative estimate of drug-likeness (QED) is 0.941. The first-order valence-electron chi connectivity index (χ1n) is 7.79. The number of hydrogen-bond acceptors (Lipinski definition) is 3. The van der Waals surface area contributed by atoms with Gasteiger partial charge in [0.1, 0.15) is 0 Å². The summed E-state index contributed by atoms with van der Waals surface area (Å²) >= 11 is 0. The van der Waals surface area contributed by atoms with Gasteiger partial charge in [0, 0.05) is 11.6 Å². The number of amides is 1. The van der Waals surface area contributed by atoms with Gasteiger partial charge in [-0.15, -0.1) is 0 Å². The number of fused-ring (bicyclic) bond motifs is 1. The molecule has 1 aliphatic rings. The van der Waals surface area contributed by atoms with Crippen LogP contribution >= 0.6 is 0 Å². The predicted molar refractivity (Wildman–Crippen MR) is 89.1 cm³/mol. The number of benzene rings is 2. The first-order valence-corrected chi connectivity index (χ1v) is 7.79. The molecule has 23 heavy (non-hydrogen) atoms. The third-order valence-electron chi connectivity index (χ3n) is 4.04. The Morgan fingerprint density at radius 2 is 1.91 bits per heavy atom. The summed E-state index contributed by atoms with van der Waals surface area (Å²) in [5.41, 5.74) is 4.35. The molecular weight excluding hydrogens is 290 g/mol. The second-order valence-corrected chi connectivity index (χ2v) is 6.08. The van der Waals surface area contributed by atoms with E-state index in [1.807, 2.05) is 6.92 Å². The van der Waals surface area contributed by atoms with E-state index in [1.165, 1.54) is 16.7 Å². The standard InChI is InChI=1S/C19H21NO3/c1-12-4-5-15(13(2)8-12)9-14(3)20-19(21)16-6-7-17-18(10-16)23-11-22-17/h4-8,10,14H,9,11H2,1-3H3,(H,20,21). The Bertz CT molecular complexity index is 739. The third kappa shape index (κ3) is 3.47. The maximum absolute atomic E-state index is 12.4. The monoisotopic (exact) mass is 311 g/mol. The van der Waals surface area contributed by atoms with Crippen molar-refractivity contribution >= 4 is 5.91 Å². The SMILES string of the molecule is Cc1ccc(CC(C)NC(=O)c2ccc3c(c2)OCO3)c(C)c1. The fourth-order valence-electron chi connectivity index (χ4n) is 2.80. The van der Waals surface area contributed by atoms with Crippen LogP contribution < -0.4 is 14.8 Å². The molecule has 0 radical (unpaired) electrons. The zero-order chi connectivity index (χ0) is 16.4. The summed E-state index contributed by atoms with van der Waals surface area (Å²) in [4.78, 5) is 12.4. The van der Waals surface area contributed by atoms with Crippen molar-refractivity contribution in [2.75, 3.05) is 6.79 Å². The Hall–Kier alpha value is -2.49. The molecule has 0 bridgehead atoms. The fourth-order valence-corrected chi connectivity index (χ4v) is 2.80. The van der Waals surface area contributed by atoms with Gasteiger partial charge in [-0.25, -0.2) is 0 Å². The van der Waals surface area contributed by atoms with Gasteiger partial charge in [-0.3, -0.25) is 4.79 Å². The van der Waals surface area contributed by atoms with Crippen molar-refractivity contribution in [2.24, 2.45) is 0 Å². The van der Waals surface area contributed by atoms with Gasteiger partial charge in [-0.05, 0) is 56.5 Å². The van der Waals surface area contributed by atoms with Gasteiger partial charge < -0.3 is 14.8 Å². The van der Waals surface area contributed by atoms with E-state index in [2.05, 4.69) is 37.4 Å². The van der Waals surface area contributed by atoms with E-state index in [0.29, 0.717) is 17.1 Å².